The van der Waals surface area contributed by atoms with Gasteiger partial charge >= 0.3 is 0 Å². The first-order chi connectivity index (χ1) is 14.3. The number of sulfonamides is 1. The van der Waals surface area contributed by atoms with Crippen molar-refractivity contribution in [3.63, 3.8) is 0 Å². The number of nitrogens with zero attached hydrogens (tertiary/aromatic N) is 2. The van der Waals surface area contributed by atoms with Crippen LogP contribution in [0.1, 0.15) is 10.4 Å². The molecule has 0 aliphatic carbocycles. The van der Waals surface area contributed by atoms with E-state index in [2.05, 4.69) is 20.0 Å². The zero-order valence-corrected chi connectivity index (χ0v) is 16.6. The van der Waals surface area contributed by atoms with Gasteiger partial charge in [0.2, 0.25) is 0 Å². The molecule has 4 rings (SSSR count). The number of hydrogen-bond donors (Lipinski definition) is 2. The quantitative estimate of drug-likeness (QED) is 0.482. The Hall–Kier alpha value is -3.44. The monoisotopic (exact) mass is 446 g/mol. The number of thiazole rings is 1. The summed E-state index contributed by atoms with van der Waals surface area (Å²) in [6.07, 6.45) is 2.89. The van der Waals surface area contributed by atoms with E-state index in [0.29, 0.717) is 0 Å². The summed E-state index contributed by atoms with van der Waals surface area (Å²) in [6.45, 7) is 0. The summed E-state index contributed by atoms with van der Waals surface area (Å²) in [5.41, 5.74) is -0.168. The molecule has 0 spiro atoms. The van der Waals surface area contributed by atoms with Crippen LogP contribution in [0.15, 0.2) is 65.1 Å². The fraction of sp³-hybridized carbons (Fsp3) is 0. The molecule has 0 saturated heterocycles. The number of hydrogen-bond acceptors (Lipinski definition) is 6. The molecule has 0 radical (unpaired) electrons. The van der Waals surface area contributed by atoms with E-state index >= 15 is 0 Å². The number of pyridine rings is 1. The Morgan fingerprint density at radius 3 is 2.63 bits per heavy atom. The molecule has 30 heavy (non-hydrogen) atoms. The van der Waals surface area contributed by atoms with Gasteiger partial charge in [0.25, 0.3) is 15.9 Å². The minimum absolute atomic E-state index is 0.0734. The summed E-state index contributed by atoms with van der Waals surface area (Å²) in [5, 5.41) is 4.52. The topological polar surface area (TPSA) is 101 Å². The molecular formula is C19H12F2N4O3S2. The molecule has 11 heteroatoms. The molecule has 0 bridgehead atoms. The largest absolute Gasteiger partial charge is 0.320 e. The average Bonchev–Trinajstić information content (AvgIpc) is 3.22. The highest BCUT2D eigenvalue weighted by molar-refractivity contribution is 7.93. The average molecular weight is 446 g/mol. The molecule has 2 aromatic carbocycles. The smallest absolute Gasteiger partial charge is 0.264 e. The molecule has 0 saturated carbocycles. The third-order valence-electron chi connectivity index (χ3n) is 4.09. The molecule has 1 amide bonds. The number of benzene rings is 2. The Morgan fingerprint density at radius 1 is 1.03 bits per heavy atom. The molecule has 0 aliphatic heterocycles. The lowest BCUT2D eigenvalue weighted by atomic mass is 10.1. The van der Waals surface area contributed by atoms with Crippen LogP contribution in [0.5, 0.6) is 0 Å². The normalized spacial score (nSPS) is 11.4. The summed E-state index contributed by atoms with van der Waals surface area (Å²) >= 11 is 1.12. The molecule has 4 aromatic rings. The molecule has 0 atom stereocenters. The molecule has 2 aromatic heterocycles. The lowest BCUT2D eigenvalue weighted by molar-refractivity contribution is 0.102. The van der Waals surface area contributed by atoms with Gasteiger partial charge in [0.05, 0.1) is 21.7 Å². The molecule has 0 aliphatic rings. The molecule has 0 fully saturated rings. The fourth-order valence-corrected chi connectivity index (χ4v) is 4.77. The van der Waals surface area contributed by atoms with Crippen LogP contribution in [-0.2, 0) is 10.0 Å². The maximum absolute atomic E-state index is 13.9. The number of rotatable bonds is 5. The number of carbonyl (C=O) groups excluding carboxylic acids is 1. The van der Waals surface area contributed by atoms with E-state index in [0.717, 1.165) is 29.5 Å². The Morgan fingerprint density at radius 2 is 1.87 bits per heavy atom. The minimum atomic E-state index is -3.98. The maximum atomic E-state index is 13.9. The molecular weight excluding hydrogens is 434 g/mol. The summed E-state index contributed by atoms with van der Waals surface area (Å²) in [5.74, 6) is -2.55. The number of amides is 1. The molecule has 2 N–H and O–H groups in total. The van der Waals surface area contributed by atoms with Crippen LogP contribution in [0.2, 0.25) is 0 Å². The zero-order valence-electron chi connectivity index (χ0n) is 15.0. The second-order valence-corrected chi connectivity index (χ2v) is 8.58. The SMILES string of the molecule is O=C(Nc1ccc(S(=O)(=O)Nc2nccs2)c2cccnc12)c1cc(F)ccc1F. The van der Waals surface area contributed by atoms with Crippen LogP contribution in [0.4, 0.5) is 19.6 Å². The molecule has 7 nitrogen and oxygen atoms in total. The van der Waals surface area contributed by atoms with Gasteiger partial charge in [-0.25, -0.2) is 22.2 Å². The highest BCUT2D eigenvalue weighted by atomic mass is 32.2. The second kappa shape index (κ2) is 7.76. The number of anilines is 2. The van der Waals surface area contributed by atoms with Crippen LogP contribution >= 0.6 is 11.3 Å². The Bertz CT molecular complexity index is 1360. The van der Waals surface area contributed by atoms with E-state index in [9.17, 15) is 22.0 Å². The van der Waals surface area contributed by atoms with Gasteiger partial charge in [-0.1, -0.05) is 0 Å². The Balaban J connectivity index is 1.74. The Labute approximate surface area is 173 Å². The van der Waals surface area contributed by atoms with Crippen molar-refractivity contribution in [2.45, 2.75) is 4.90 Å². The summed E-state index contributed by atoms with van der Waals surface area (Å²) in [4.78, 5) is 20.4. The van der Waals surface area contributed by atoms with E-state index in [1.165, 1.54) is 30.6 Å². The van der Waals surface area contributed by atoms with Gasteiger partial charge in [-0.15, -0.1) is 11.3 Å². The van der Waals surface area contributed by atoms with Gasteiger partial charge in [0, 0.05) is 23.2 Å². The van der Waals surface area contributed by atoms with Gasteiger partial charge in [0.15, 0.2) is 5.13 Å². The van der Waals surface area contributed by atoms with Crippen molar-refractivity contribution in [3.05, 3.63) is 77.4 Å². The van der Waals surface area contributed by atoms with Crippen molar-refractivity contribution in [1.82, 2.24) is 9.97 Å². The minimum Gasteiger partial charge on any atom is -0.320 e. The fourth-order valence-electron chi connectivity index (χ4n) is 2.79. The van der Waals surface area contributed by atoms with E-state index < -0.39 is 33.1 Å². The predicted octanol–water partition coefficient (Wildman–Crippen LogP) is 4.02. The van der Waals surface area contributed by atoms with Gasteiger partial charge in [-0.3, -0.25) is 14.5 Å². The van der Waals surface area contributed by atoms with Gasteiger partial charge in [-0.05, 0) is 42.5 Å². The zero-order chi connectivity index (χ0) is 21.3. The number of halogens is 2. The van der Waals surface area contributed by atoms with E-state index in [1.54, 1.807) is 11.4 Å². The van der Waals surface area contributed by atoms with Crippen molar-refractivity contribution in [3.8, 4) is 0 Å². The van der Waals surface area contributed by atoms with E-state index in [1.807, 2.05) is 0 Å². The number of aromatic nitrogens is 2. The molecule has 152 valence electrons. The van der Waals surface area contributed by atoms with Crippen molar-refractivity contribution in [2.75, 3.05) is 10.0 Å². The van der Waals surface area contributed by atoms with Crippen molar-refractivity contribution < 1.29 is 22.0 Å². The predicted molar refractivity (Wildman–Crippen MR) is 109 cm³/mol. The highest BCUT2D eigenvalue weighted by Crippen LogP contribution is 2.30. The van der Waals surface area contributed by atoms with E-state index in [4.69, 9.17) is 0 Å². The Kier molecular flexibility index (Phi) is 5.14. The second-order valence-electron chi connectivity index (χ2n) is 6.03. The highest BCUT2D eigenvalue weighted by Gasteiger charge is 2.22. The van der Waals surface area contributed by atoms with Crippen LogP contribution in [0.25, 0.3) is 10.9 Å². The summed E-state index contributed by atoms with van der Waals surface area (Å²) in [7, 11) is -3.98. The van der Waals surface area contributed by atoms with Crippen molar-refractivity contribution in [2.24, 2.45) is 0 Å². The standard InChI is InChI=1S/C19H12F2N4O3S2/c20-11-3-4-14(21)13(10-11)18(26)24-15-5-6-16(12-2-1-7-22-17(12)15)30(27,28)25-19-23-8-9-29-19/h1-10H,(H,23,25)(H,24,26). The first-order valence-corrected chi connectivity index (χ1v) is 10.8. The maximum Gasteiger partial charge on any atom is 0.264 e. The van der Waals surface area contributed by atoms with Crippen molar-refractivity contribution >= 4 is 49.0 Å². The van der Waals surface area contributed by atoms with Crippen LogP contribution in [-0.4, -0.2) is 24.3 Å². The molecule has 2 heterocycles. The van der Waals surface area contributed by atoms with Gasteiger partial charge in [0.1, 0.15) is 11.6 Å². The van der Waals surface area contributed by atoms with Crippen LogP contribution in [0, 0.1) is 11.6 Å². The lowest BCUT2D eigenvalue weighted by Crippen LogP contribution is -2.16. The third-order valence-corrected chi connectivity index (χ3v) is 6.31. The van der Waals surface area contributed by atoms with Gasteiger partial charge < -0.3 is 5.32 Å². The van der Waals surface area contributed by atoms with Crippen molar-refractivity contribution in [1.29, 1.82) is 0 Å². The summed E-state index contributed by atoms with van der Waals surface area (Å²) < 4.78 is 55.3. The summed E-state index contributed by atoms with van der Waals surface area (Å²) in [6, 6.07) is 8.22. The number of carbonyl (C=O) groups is 1. The molecule has 0 unspecified atom stereocenters. The number of fused-ring (bicyclic) bond motifs is 1. The van der Waals surface area contributed by atoms with E-state index in [-0.39, 0.29) is 26.6 Å². The first-order valence-electron chi connectivity index (χ1n) is 8.41. The van der Waals surface area contributed by atoms with Crippen LogP contribution < -0.4 is 10.0 Å². The van der Waals surface area contributed by atoms with Crippen LogP contribution in [0.3, 0.4) is 0 Å². The number of nitrogens with one attached hydrogen (secondary N) is 2. The lowest BCUT2D eigenvalue weighted by Gasteiger charge is -2.12. The van der Waals surface area contributed by atoms with Gasteiger partial charge in [-0.2, -0.15) is 0 Å². The third kappa shape index (κ3) is 3.84. The first kappa shape index (κ1) is 19.9.